The summed E-state index contributed by atoms with van der Waals surface area (Å²) < 4.78 is 0. The van der Waals surface area contributed by atoms with E-state index in [4.69, 9.17) is 5.73 Å². The Kier molecular flexibility index (Phi) is 4.19. The molecule has 0 aromatic heterocycles. The van der Waals surface area contributed by atoms with Crippen molar-refractivity contribution in [2.24, 2.45) is 11.7 Å². The van der Waals surface area contributed by atoms with E-state index in [9.17, 15) is 0 Å². The Hall–Kier alpha value is -0.860. The Labute approximate surface area is 117 Å². The van der Waals surface area contributed by atoms with Crippen molar-refractivity contribution in [1.29, 1.82) is 0 Å². The van der Waals surface area contributed by atoms with E-state index >= 15 is 0 Å². The highest BCUT2D eigenvalue weighted by Crippen LogP contribution is 2.37. The quantitative estimate of drug-likeness (QED) is 0.899. The minimum absolute atomic E-state index is 0.501. The molecular formula is C17H26N2. The molecule has 3 rings (SSSR count). The third-order valence-corrected chi connectivity index (χ3v) is 5.12. The molecule has 2 N–H and O–H groups in total. The van der Waals surface area contributed by atoms with Crippen LogP contribution in [0.5, 0.6) is 0 Å². The van der Waals surface area contributed by atoms with E-state index in [1.54, 1.807) is 0 Å². The molecule has 2 fully saturated rings. The molecule has 104 valence electrons. The second-order valence-electron chi connectivity index (χ2n) is 6.24. The first kappa shape index (κ1) is 13.1. The van der Waals surface area contributed by atoms with Gasteiger partial charge in [0.2, 0.25) is 0 Å². The maximum absolute atomic E-state index is 6.03. The maximum atomic E-state index is 6.03. The average Bonchev–Trinajstić information content (AvgIpc) is 2.95. The van der Waals surface area contributed by atoms with Gasteiger partial charge in [0.05, 0.1) is 0 Å². The van der Waals surface area contributed by atoms with Crippen LogP contribution in [-0.2, 0) is 0 Å². The monoisotopic (exact) mass is 258 g/mol. The minimum Gasteiger partial charge on any atom is -0.330 e. The normalized spacial score (nSPS) is 29.1. The number of benzene rings is 1. The van der Waals surface area contributed by atoms with Crippen LogP contribution in [0.15, 0.2) is 30.3 Å². The predicted octanol–water partition coefficient (Wildman–Crippen LogP) is 2.99. The van der Waals surface area contributed by atoms with Gasteiger partial charge >= 0.3 is 0 Å². The molecule has 1 heterocycles. The van der Waals surface area contributed by atoms with Crippen molar-refractivity contribution in [2.45, 2.75) is 44.1 Å². The van der Waals surface area contributed by atoms with Crippen molar-refractivity contribution >= 4 is 0 Å². The molecule has 1 aliphatic heterocycles. The predicted molar refractivity (Wildman–Crippen MR) is 80.2 cm³/mol. The summed E-state index contributed by atoms with van der Waals surface area (Å²) in [6.45, 7) is 3.20. The molecule has 0 spiro atoms. The molecule has 1 aromatic rings. The molecule has 1 saturated carbocycles. The van der Waals surface area contributed by atoms with Crippen LogP contribution in [0.1, 0.15) is 43.6 Å². The third kappa shape index (κ3) is 2.85. The topological polar surface area (TPSA) is 29.3 Å². The second kappa shape index (κ2) is 6.06. The molecule has 19 heavy (non-hydrogen) atoms. The van der Waals surface area contributed by atoms with E-state index in [2.05, 4.69) is 35.2 Å². The van der Waals surface area contributed by atoms with Gasteiger partial charge in [-0.1, -0.05) is 36.8 Å². The van der Waals surface area contributed by atoms with Gasteiger partial charge in [-0.2, -0.15) is 0 Å². The highest BCUT2D eigenvalue weighted by atomic mass is 15.2. The van der Waals surface area contributed by atoms with Crippen molar-refractivity contribution in [3.8, 4) is 0 Å². The summed E-state index contributed by atoms with van der Waals surface area (Å²) in [4.78, 5) is 2.74. The molecule has 3 unspecified atom stereocenters. The molecule has 0 radical (unpaired) electrons. The van der Waals surface area contributed by atoms with Crippen LogP contribution < -0.4 is 5.73 Å². The third-order valence-electron chi connectivity index (χ3n) is 5.12. The Balaban J connectivity index is 1.68. The number of hydrogen-bond acceptors (Lipinski definition) is 2. The number of nitrogens with zero attached hydrogens (tertiary/aromatic N) is 1. The van der Waals surface area contributed by atoms with E-state index < -0.39 is 0 Å². The van der Waals surface area contributed by atoms with Crippen LogP contribution in [0.3, 0.4) is 0 Å². The largest absolute Gasteiger partial charge is 0.330 e. The smallest absolute Gasteiger partial charge is 0.0124 e. The summed E-state index contributed by atoms with van der Waals surface area (Å²) in [5.41, 5.74) is 7.44. The summed E-state index contributed by atoms with van der Waals surface area (Å²) in [5, 5.41) is 0. The molecule has 2 nitrogen and oxygen atoms in total. The first-order chi connectivity index (χ1) is 9.38. The van der Waals surface area contributed by atoms with Gasteiger partial charge < -0.3 is 5.73 Å². The van der Waals surface area contributed by atoms with Crippen LogP contribution in [0, 0.1) is 5.92 Å². The number of rotatable bonds is 4. The first-order valence-corrected chi connectivity index (χ1v) is 7.87. The van der Waals surface area contributed by atoms with E-state index in [1.807, 2.05) is 0 Å². The minimum atomic E-state index is 0.501. The summed E-state index contributed by atoms with van der Waals surface area (Å²) in [7, 11) is 0. The fourth-order valence-corrected chi connectivity index (χ4v) is 4.11. The Morgan fingerprint density at radius 2 is 1.89 bits per heavy atom. The van der Waals surface area contributed by atoms with Gasteiger partial charge in [0, 0.05) is 25.0 Å². The lowest BCUT2D eigenvalue weighted by molar-refractivity contribution is 0.106. The van der Waals surface area contributed by atoms with Crippen molar-refractivity contribution < 1.29 is 0 Å². The Morgan fingerprint density at radius 1 is 1.11 bits per heavy atom. The number of fused-ring (bicyclic) bond motifs is 1. The fraction of sp³-hybridized carbons (Fsp3) is 0.647. The second-order valence-corrected chi connectivity index (χ2v) is 6.24. The zero-order chi connectivity index (χ0) is 13.1. The molecule has 0 amide bonds. The van der Waals surface area contributed by atoms with Crippen LogP contribution >= 0.6 is 0 Å². The lowest BCUT2D eigenvalue weighted by atomic mass is 9.90. The van der Waals surface area contributed by atoms with E-state index in [-0.39, 0.29) is 0 Å². The average molecular weight is 258 g/mol. The summed E-state index contributed by atoms with van der Waals surface area (Å²) in [5.74, 6) is 1.48. The van der Waals surface area contributed by atoms with Crippen LogP contribution in [0.2, 0.25) is 0 Å². The molecule has 3 atom stereocenters. The van der Waals surface area contributed by atoms with Gasteiger partial charge in [0.1, 0.15) is 0 Å². The highest BCUT2D eigenvalue weighted by molar-refractivity contribution is 5.20. The van der Waals surface area contributed by atoms with Crippen LogP contribution in [0.4, 0.5) is 0 Å². The van der Waals surface area contributed by atoms with E-state index in [0.29, 0.717) is 5.92 Å². The molecule has 1 saturated heterocycles. The lowest BCUT2D eigenvalue weighted by Gasteiger charge is -2.39. The summed E-state index contributed by atoms with van der Waals surface area (Å²) in [6.07, 6.45) is 7.15. The SMILES string of the molecule is NCC(CN1CCCC2CCCC21)c1ccccc1. The molecule has 0 bridgehead atoms. The molecule has 1 aromatic carbocycles. The van der Waals surface area contributed by atoms with Crippen molar-refractivity contribution in [3.05, 3.63) is 35.9 Å². The van der Waals surface area contributed by atoms with Crippen molar-refractivity contribution in [1.82, 2.24) is 4.90 Å². The van der Waals surface area contributed by atoms with Gasteiger partial charge in [-0.05, 0) is 43.7 Å². The molecule has 2 aliphatic rings. The number of hydrogen-bond donors (Lipinski definition) is 1. The molecule has 1 aliphatic carbocycles. The zero-order valence-electron chi connectivity index (χ0n) is 11.8. The summed E-state index contributed by atoms with van der Waals surface area (Å²) >= 11 is 0. The lowest BCUT2D eigenvalue weighted by Crippen LogP contribution is -2.45. The van der Waals surface area contributed by atoms with Crippen molar-refractivity contribution in [2.75, 3.05) is 19.6 Å². The Bertz CT molecular complexity index is 390. The van der Waals surface area contributed by atoms with Crippen LogP contribution in [0.25, 0.3) is 0 Å². The number of nitrogens with two attached hydrogens (primary N) is 1. The van der Waals surface area contributed by atoms with Gasteiger partial charge in [-0.15, -0.1) is 0 Å². The molecule has 2 heteroatoms. The molecular weight excluding hydrogens is 232 g/mol. The summed E-state index contributed by atoms with van der Waals surface area (Å²) in [6, 6.07) is 11.7. The number of piperidine rings is 1. The van der Waals surface area contributed by atoms with Crippen molar-refractivity contribution in [3.63, 3.8) is 0 Å². The first-order valence-electron chi connectivity index (χ1n) is 7.87. The van der Waals surface area contributed by atoms with E-state index in [1.165, 1.54) is 44.2 Å². The van der Waals surface area contributed by atoms with Gasteiger partial charge in [-0.25, -0.2) is 0 Å². The van der Waals surface area contributed by atoms with E-state index in [0.717, 1.165) is 25.0 Å². The van der Waals surface area contributed by atoms with Gasteiger partial charge in [-0.3, -0.25) is 4.90 Å². The standard InChI is InChI=1S/C17H26N2/c18-12-16(14-6-2-1-3-7-14)13-19-11-5-9-15-8-4-10-17(15)19/h1-3,6-7,15-17H,4-5,8-13,18H2. The van der Waals surface area contributed by atoms with Gasteiger partial charge in [0.15, 0.2) is 0 Å². The fourth-order valence-electron chi connectivity index (χ4n) is 4.11. The van der Waals surface area contributed by atoms with Crippen LogP contribution in [-0.4, -0.2) is 30.6 Å². The Morgan fingerprint density at radius 3 is 2.68 bits per heavy atom. The highest BCUT2D eigenvalue weighted by Gasteiger charge is 2.35. The number of likely N-dealkylation sites (tertiary alicyclic amines) is 1. The van der Waals surface area contributed by atoms with Gasteiger partial charge in [0.25, 0.3) is 0 Å². The zero-order valence-corrected chi connectivity index (χ0v) is 11.8. The maximum Gasteiger partial charge on any atom is 0.0124 e.